The third-order valence-corrected chi connectivity index (χ3v) is 3.47. The van der Waals surface area contributed by atoms with Gasteiger partial charge in [-0.05, 0) is 44.4 Å². The molecule has 0 aromatic carbocycles. The highest BCUT2D eigenvalue weighted by molar-refractivity contribution is 5.24. The van der Waals surface area contributed by atoms with Crippen LogP contribution in [0.5, 0.6) is 0 Å². The van der Waals surface area contributed by atoms with E-state index in [1.54, 1.807) is 0 Å². The number of hydrogen-bond acceptors (Lipinski definition) is 3. The van der Waals surface area contributed by atoms with E-state index in [0.717, 1.165) is 24.4 Å². The van der Waals surface area contributed by atoms with Crippen molar-refractivity contribution in [2.45, 2.75) is 72.3 Å². The first-order valence-electron chi connectivity index (χ1n) is 7.79. The quantitative estimate of drug-likeness (QED) is 0.685. The lowest BCUT2D eigenvalue weighted by Gasteiger charge is -2.21. The highest BCUT2D eigenvalue weighted by Gasteiger charge is 2.15. The van der Waals surface area contributed by atoms with Crippen molar-refractivity contribution < 1.29 is 0 Å². The summed E-state index contributed by atoms with van der Waals surface area (Å²) in [6.45, 7) is 9.73. The maximum absolute atomic E-state index is 4.36. The molecule has 1 N–H and O–H groups in total. The van der Waals surface area contributed by atoms with E-state index >= 15 is 0 Å². The zero-order valence-corrected chi connectivity index (χ0v) is 13.0. The van der Waals surface area contributed by atoms with Crippen LogP contribution in [0.3, 0.4) is 0 Å². The van der Waals surface area contributed by atoms with E-state index in [0.29, 0.717) is 6.04 Å². The Kier molecular flexibility index (Phi) is 7.65. The second kappa shape index (κ2) is 9.03. The molecule has 1 heterocycles. The Morgan fingerprint density at radius 1 is 1.11 bits per heavy atom. The molecule has 108 valence electrons. The Hall–Kier alpha value is -0.960. The minimum atomic E-state index is 0.440. The van der Waals surface area contributed by atoms with Crippen molar-refractivity contribution in [3.63, 3.8) is 0 Å². The van der Waals surface area contributed by atoms with E-state index in [9.17, 15) is 0 Å². The van der Waals surface area contributed by atoms with Crippen LogP contribution in [-0.2, 0) is 6.42 Å². The van der Waals surface area contributed by atoms with Crippen LogP contribution in [0.1, 0.15) is 75.9 Å². The molecule has 1 atom stereocenters. The van der Waals surface area contributed by atoms with E-state index < -0.39 is 0 Å². The lowest BCUT2D eigenvalue weighted by Crippen LogP contribution is -2.24. The summed E-state index contributed by atoms with van der Waals surface area (Å²) < 4.78 is 0. The summed E-state index contributed by atoms with van der Waals surface area (Å²) in [6, 6.07) is 2.65. The van der Waals surface area contributed by atoms with Crippen molar-refractivity contribution in [3.05, 3.63) is 23.0 Å². The minimum absolute atomic E-state index is 0.440. The number of nitrogens with one attached hydrogen (secondary N) is 1. The van der Waals surface area contributed by atoms with Gasteiger partial charge >= 0.3 is 0 Å². The van der Waals surface area contributed by atoms with Crippen LogP contribution < -0.4 is 5.32 Å². The summed E-state index contributed by atoms with van der Waals surface area (Å²) in [5, 5.41) is 12.2. The highest BCUT2D eigenvalue weighted by Crippen LogP contribution is 2.23. The van der Waals surface area contributed by atoms with Crippen molar-refractivity contribution in [2.75, 3.05) is 6.54 Å². The number of hydrogen-bond donors (Lipinski definition) is 1. The molecule has 0 fully saturated rings. The van der Waals surface area contributed by atoms with E-state index in [-0.39, 0.29) is 0 Å². The lowest BCUT2D eigenvalue weighted by atomic mass is 9.97. The fraction of sp³-hybridized carbons (Fsp3) is 0.750. The summed E-state index contributed by atoms with van der Waals surface area (Å²) >= 11 is 0. The lowest BCUT2D eigenvalue weighted by molar-refractivity contribution is 0.469. The van der Waals surface area contributed by atoms with Crippen LogP contribution in [0.25, 0.3) is 0 Å². The zero-order valence-electron chi connectivity index (χ0n) is 13.0. The fourth-order valence-corrected chi connectivity index (χ4v) is 2.40. The van der Waals surface area contributed by atoms with Crippen LogP contribution in [0.2, 0.25) is 0 Å². The van der Waals surface area contributed by atoms with Gasteiger partial charge in [0, 0.05) is 6.04 Å². The molecule has 1 aromatic rings. The maximum atomic E-state index is 4.36. The summed E-state index contributed by atoms with van der Waals surface area (Å²) in [7, 11) is 0. The molecule has 0 saturated carbocycles. The monoisotopic (exact) mass is 263 g/mol. The Labute approximate surface area is 118 Å². The minimum Gasteiger partial charge on any atom is -0.310 e. The molecule has 1 unspecified atom stereocenters. The van der Waals surface area contributed by atoms with Gasteiger partial charge in [0.05, 0.1) is 11.4 Å². The van der Waals surface area contributed by atoms with Crippen LogP contribution in [-0.4, -0.2) is 16.7 Å². The molecule has 3 nitrogen and oxygen atoms in total. The van der Waals surface area contributed by atoms with Crippen molar-refractivity contribution in [3.8, 4) is 0 Å². The summed E-state index contributed by atoms with van der Waals surface area (Å²) in [6.07, 6.45) is 7.19. The summed E-state index contributed by atoms with van der Waals surface area (Å²) in [4.78, 5) is 0. The van der Waals surface area contributed by atoms with Crippen LogP contribution in [0.15, 0.2) is 6.07 Å². The van der Waals surface area contributed by atoms with Crippen LogP contribution in [0.4, 0.5) is 0 Å². The van der Waals surface area contributed by atoms with Crippen molar-refractivity contribution in [1.29, 1.82) is 0 Å². The molecule has 19 heavy (non-hydrogen) atoms. The second-order valence-corrected chi connectivity index (χ2v) is 5.24. The van der Waals surface area contributed by atoms with Gasteiger partial charge in [0.2, 0.25) is 0 Å². The molecular weight excluding hydrogens is 234 g/mol. The van der Waals surface area contributed by atoms with E-state index in [2.05, 4.69) is 42.4 Å². The van der Waals surface area contributed by atoms with E-state index in [1.165, 1.54) is 37.7 Å². The second-order valence-electron chi connectivity index (χ2n) is 5.24. The van der Waals surface area contributed by atoms with Crippen LogP contribution >= 0.6 is 0 Å². The van der Waals surface area contributed by atoms with Gasteiger partial charge in [-0.1, -0.05) is 40.0 Å². The van der Waals surface area contributed by atoms with Gasteiger partial charge in [-0.25, -0.2) is 0 Å². The average molecular weight is 263 g/mol. The molecule has 0 aliphatic heterocycles. The standard InChI is InChI=1S/C16H29N3/c1-5-8-9-10-16(17-11-6-2)14-12-13(4)18-19-15(14)7-3/h12,16-17H,5-11H2,1-4H3. The summed E-state index contributed by atoms with van der Waals surface area (Å²) in [5.74, 6) is 0. The predicted octanol–water partition coefficient (Wildman–Crippen LogP) is 3.97. The molecule has 3 heteroatoms. The molecule has 1 rings (SSSR count). The molecule has 1 aromatic heterocycles. The Morgan fingerprint density at radius 3 is 2.53 bits per heavy atom. The first kappa shape index (κ1) is 16.1. The number of rotatable bonds is 9. The van der Waals surface area contributed by atoms with Gasteiger partial charge < -0.3 is 5.32 Å². The zero-order chi connectivity index (χ0) is 14.1. The topological polar surface area (TPSA) is 37.8 Å². The third kappa shape index (κ3) is 5.27. The maximum Gasteiger partial charge on any atom is 0.0676 e. The van der Waals surface area contributed by atoms with Gasteiger partial charge in [0.1, 0.15) is 0 Å². The summed E-state index contributed by atoms with van der Waals surface area (Å²) in [5.41, 5.74) is 3.53. The van der Waals surface area contributed by atoms with Gasteiger partial charge in [-0.2, -0.15) is 10.2 Å². The molecule has 0 amide bonds. The first-order valence-corrected chi connectivity index (χ1v) is 7.79. The molecule has 0 radical (unpaired) electrons. The van der Waals surface area contributed by atoms with Gasteiger partial charge in [0.25, 0.3) is 0 Å². The third-order valence-electron chi connectivity index (χ3n) is 3.47. The molecule has 0 aliphatic rings. The number of aryl methyl sites for hydroxylation is 2. The van der Waals surface area contributed by atoms with Gasteiger partial charge in [-0.3, -0.25) is 0 Å². The largest absolute Gasteiger partial charge is 0.310 e. The molecule has 0 saturated heterocycles. The fourth-order valence-electron chi connectivity index (χ4n) is 2.40. The first-order chi connectivity index (χ1) is 9.22. The van der Waals surface area contributed by atoms with Crippen molar-refractivity contribution in [1.82, 2.24) is 15.5 Å². The smallest absolute Gasteiger partial charge is 0.0676 e. The van der Waals surface area contributed by atoms with Crippen LogP contribution in [0, 0.1) is 6.92 Å². The number of unbranched alkanes of at least 4 members (excludes halogenated alkanes) is 2. The SMILES string of the molecule is CCCCCC(NCCC)c1cc(C)nnc1CC. The number of aromatic nitrogens is 2. The molecule has 0 spiro atoms. The normalized spacial score (nSPS) is 12.6. The molecular formula is C16H29N3. The Balaban J connectivity index is 2.84. The molecule has 0 aliphatic carbocycles. The van der Waals surface area contributed by atoms with E-state index in [4.69, 9.17) is 0 Å². The van der Waals surface area contributed by atoms with Gasteiger partial charge in [-0.15, -0.1) is 0 Å². The Morgan fingerprint density at radius 2 is 1.89 bits per heavy atom. The van der Waals surface area contributed by atoms with E-state index in [1.807, 2.05) is 6.92 Å². The highest BCUT2D eigenvalue weighted by atomic mass is 15.1. The van der Waals surface area contributed by atoms with Gasteiger partial charge in [0.15, 0.2) is 0 Å². The van der Waals surface area contributed by atoms with Crippen molar-refractivity contribution in [2.24, 2.45) is 0 Å². The average Bonchev–Trinajstić information content (AvgIpc) is 2.42. The predicted molar refractivity (Wildman–Crippen MR) is 81.3 cm³/mol. The van der Waals surface area contributed by atoms with Crippen molar-refractivity contribution >= 4 is 0 Å². The number of nitrogens with zero attached hydrogens (tertiary/aromatic N) is 2. The molecule has 0 bridgehead atoms. The Bertz CT molecular complexity index is 363.